The lowest BCUT2D eigenvalue weighted by molar-refractivity contribution is -0.114. The first-order chi connectivity index (χ1) is 7.45. The van der Waals surface area contributed by atoms with Crippen molar-refractivity contribution in [2.75, 3.05) is 12.4 Å². The topological polar surface area (TPSA) is 75.6 Å². The fourth-order valence-corrected chi connectivity index (χ4v) is 1.42. The molecule has 0 heterocycles. The average Bonchev–Trinajstić information content (AvgIpc) is 2.19. The van der Waals surface area contributed by atoms with E-state index in [9.17, 15) is 9.59 Å². The van der Waals surface area contributed by atoms with Gasteiger partial charge in [0.2, 0.25) is 5.91 Å². The molecule has 6 heteroatoms. The summed E-state index contributed by atoms with van der Waals surface area (Å²) in [5.74, 6) is -1.24. The first-order valence-corrected chi connectivity index (χ1v) is 4.72. The van der Waals surface area contributed by atoms with Crippen LogP contribution in [0.4, 0.5) is 5.69 Å². The maximum absolute atomic E-state index is 10.9. The smallest absolute Gasteiger partial charge is 0.337 e. The molecule has 0 aromatic heterocycles. The van der Waals surface area contributed by atoms with Gasteiger partial charge < -0.3 is 15.2 Å². The molecule has 0 bridgehead atoms. The number of amides is 1. The van der Waals surface area contributed by atoms with Crippen LogP contribution in [-0.2, 0) is 4.79 Å². The fourth-order valence-electron chi connectivity index (χ4n) is 1.18. The van der Waals surface area contributed by atoms with Crippen LogP contribution in [0.5, 0.6) is 5.75 Å². The molecule has 0 aliphatic carbocycles. The van der Waals surface area contributed by atoms with Crippen molar-refractivity contribution in [3.05, 3.63) is 22.7 Å². The Morgan fingerprint density at radius 3 is 2.50 bits per heavy atom. The normalized spacial score (nSPS) is 9.69. The number of carbonyl (C=O) groups is 2. The highest BCUT2D eigenvalue weighted by atomic mass is 35.5. The van der Waals surface area contributed by atoms with Gasteiger partial charge in [-0.2, -0.15) is 0 Å². The van der Waals surface area contributed by atoms with Gasteiger partial charge in [-0.15, -0.1) is 0 Å². The fraction of sp³-hybridized carbons (Fsp3) is 0.200. The summed E-state index contributed by atoms with van der Waals surface area (Å²) in [4.78, 5) is 21.8. The summed E-state index contributed by atoms with van der Waals surface area (Å²) in [7, 11) is 1.40. The standard InChI is InChI=1S/C10H10ClNO4/c1-5(13)12-8-4-9(16-2)7(11)3-6(8)10(14)15/h3-4H,1-2H3,(H,12,13)(H,14,15). The van der Waals surface area contributed by atoms with Gasteiger partial charge in [0.15, 0.2) is 0 Å². The van der Waals surface area contributed by atoms with Crippen LogP contribution in [0.3, 0.4) is 0 Å². The predicted octanol–water partition coefficient (Wildman–Crippen LogP) is 2.01. The van der Waals surface area contributed by atoms with E-state index < -0.39 is 5.97 Å². The van der Waals surface area contributed by atoms with Crippen molar-refractivity contribution in [2.45, 2.75) is 6.92 Å². The molecule has 2 N–H and O–H groups in total. The molecule has 1 amide bonds. The van der Waals surface area contributed by atoms with Gasteiger partial charge in [-0.3, -0.25) is 4.79 Å². The Kier molecular flexibility index (Phi) is 3.73. The van der Waals surface area contributed by atoms with Gasteiger partial charge in [-0.05, 0) is 6.07 Å². The van der Waals surface area contributed by atoms with Gasteiger partial charge in [0.1, 0.15) is 5.75 Å². The minimum atomic E-state index is -1.17. The van der Waals surface area contributed by atoms with Crippen molar-refractivity contribution in [2.24, 2.45) is 0 Å². The van der Waals surface area contributed by atoms with Crippen molar-refractivity contribution >= 4 is 29.2 Å². The maximum Gasteiger partial charge on any atom is 0.337 e. The first kappa shape index (κ1) is 12.3. The summed E-state index contributed by atoms with van der Waals surface area (Å²) in [6, 6.07) is 2.60. The number of anilines is 1. The van der Waals surface area contributed by atoms with Crippen molar-refractivity contribution < 1.29 is 19.4 Å². The van der Waals surface area contributed by atoms with Crippen molar-refractivity contribution in [3.63, 3.8) is 0 Å². The lowest BCUT2D eigenvalue weighted by Gasteiger charge is -2.10. The number of hydrogen-bond donors (Lipinski definition) is 2. The largest absolute Gasteiger partial charge is 0.495 e. The van der Waals surface area contributed by atoms with Crippen LogP contribution in [0, 0.1) is 0 Å². The zero-order valence-corrected chi connectivity index (χ0v) is 9.46. The number of carboxylic acid groups (broad SMARTS) is 1. The van der Waals surface area contributed by atoms with Gasteiger partial charge >= 0.3 is 5.97 Å². The Labute approximate surface area is 97.0 Å². The van der Waals surface area contributed by atoms with Crippen LogP contribution < -0.4 is 10.1 Å². The summed E-state index contributed by atoms with van der Waals surface area (Å²) in [6.07, 6.45) is 0. The molecule has 0 spiro atoms. The molecule has 86 valence electrons. The first-order valence-electron chi connectivity index (χ1n) is 4.34. The number of rotatable bonds is 3. The highest BCUT2D eigenvalue weighted by molar-refractivity contribution is 6.32. The monoisotopic (exact) mass is 243 g/mol. The number of aromatic carboxylic acids is 1. The van der Waals surface area contributed by atoms with Crippen LogP contribution in [0.2, 0.25) is 5.02 Å². The van der Waals surface area contributed by atoms with Crippen LogP contribution >= 0.6 is 11.6 Å². The second-order valence-electron chi connectivity index (χ2n) is 3.02. The van der Waals surface area contributed by atoms with Gasteiger partial charge in [0, 0.05) is 13.0 Å². The minimum absolute atomic E-state index is 0.0824. The van der Waals surface area contributed by atoms with E-state index >= 15 is 0 Å². The second kappa shape index (κ2) is 4.85. The molecule has 1 rings (SSSR count). The van der Waals surface area contributed by atoms with E-state index in [0.717, 1.165) is 0 Å². The Balaban J connectivity index is 3.30. The molecule has 0 radical (unpaired) electrons. The van der Waals surface area contributed by atoms with E-state index in [0.29, 0.717) is 5.75 Å². The maximum atomic E-state index is 10.9. The summed E-state index contributed by atoms with van der Waals surface area (Å²) in [5.41, 5.74) is 0.0715. The van der Waals surface area contributed by atoms with Gasteiger partial charge in [0.25, 0.3) is 0 Å². The van der Waals surface area contributed by atoms with Gasteiger partial charge in [0.05, 0.1) is 23.4 Å². The number of hydrogen-bond acceptors (Lipinski definition) is 3. The molecule has 0 aliphatic rings. The van der Waals surface area contributed by atoms with Gasteiger partial charge in [-0.25, -0.2) is 4.79 Å². The van der Waals surface area contributed by atoms with Gasteiger partial charge in [-0.1, -0.05) is 11.6 Å². The third-order valence-corrected chi connectivity index (χ3v) is 2.13. The van der Waals surface area contributed by atoms with E-state index in [1.54, 1.807) is 0 Å². The number of carbonyl (C=O) groups excluding carboxylic acids is 1. The van der Waals surface area contributed by atoms with Crippen LogP contribution in [0.25, 0.3) is 0 Å². The van der Waals surface area contributed by atoms with Crippen LogP contribution in [0.1, 0.15) is 17.3 Å². The third kappa shape index (κ3) is 2.64. The summed E-state index contributed by atoms with van der Waals surface area (Å²) >= 11 is 5.78. The van der Waals surface area contributed by atoms with Crippen molar-refractivity contribution in [1.82, 2.24) is 0 Å². The molecule has 0 saturated heterocycles. The van der Waals surface area contributed by atoms with E-state index in [4.69, 9.17) is 21.4 Å². The Morgan fingerprint density at radius 2 is 2.06 bits per heavy atom. The molecule has 0 fully saturated rings. The van der Waals surface area contributed by atoms with E-state index in [1.165, 1.54) is 26.2 Å². The Bertz CT molecular complexity index is 445. The highest BCUT2D eigenvalue weighted by Crippen LogP contribution is 2.31. The van der Waals surface area contributed by atoms with E-state index in [1.807, 2.05) is 0 Å². The molecule has 5 nitrogen and oxygen atoms in total. The van der Waals surface area contributed by atoms with E-state index in [-0.39, 0.29) is 22.2 Å². The molecular formula is C10H10ClNO4. The predicted molar refractivity (Wildman–Crippen MR) is 59.3 cm³/mol. The lowest BCUT2D eigenvalue weighted by Crippen LogP contribution is -2.11. The quantitative estimate of drug-likeness (QED) is 0.851. The molecule has 0 saturated carbocycles. The average molecular weight is 244 g/mol. The van der Waals surface area contributed by atoms with Crippen molar-refractivity contribution in [1.29, 1.82) is 0 Å². The SMILES string of the molecule is COc1cc(NC(C)=O)c(C(=O)O)cc1Cl. The zero-order chi connectivity index (χ0) is 12.3. The summed E-state index contributed by atoms with van der Waals surface area (Å²) in [5, 5.41) is 11.5. The number of nitrogens with one attached hydrogen (secondary N) is 1. The van der Waals surface area contributed by atoms with Crippen LogP contribution in [0.15, 0.2) is 12.1 Å². The molecule has 0 atom stereocenters. The number of ether oxygens (including phenoxy) is 1. The molecule has 1 aromatic carbocycles. The molecule has 16 heavy (non-hydrogen) atoms. The van der Waals surface area contributed by atoms with E-state index in [2.05, 4.69) is 5.32 Å². The number of methoxy groups -OCH3 is 1. The van der Waals surface area contributed by atoms with Crippen molar-refractivity contribution in [3.8, 4) is 5.75 Å². The Morgan fingerprint density at radius 1 is 1.44 bits per heavy atom. The second-order valence-corrected chi connectivity index (χ2v) is 3.43. The summed E-state index contributed by atoms with van der Waals surface area (Å²) < 4.78 is 4.93. The number of carboxylic acids is 1. The lowest BCUT2D eigenvalue weighted by atomic mass is 10.1. The Hall–Kier alpha value is -1.75. The highest BCUT2D eigenvalue weighted by Gasteiger charge is 2.15. The third-order valence-electron chi connectivity index (χ3n) is 1.83. The molecule has 0 aliphatic heterocycles. The van der Waals surface area contributed by atoms with Crippen LogP contribution in [-0.4, -0.2) is 24.1 Å². The minimum Gasteiger partial charge on any atom is -0.495 e. The molecule has 1 aromatic rings. The summed E-state index contributed by atoms with van der Waals surface area (Å²) in [6.45, 7) is 1.28. The molecule has 0 unspecified atom stereocenters. The molecular weight excluding hydrogens is 234 g/mol. The zero-order valence-electron chi connectivity index (χ0n) is 8.70. The number of benzene rings is 1. The number of halogens is 1.